The maximum atomic E-state index is 13.5. The number of nitrogens with one attached hydrogen (secondary N) is 1. The molecule has 0 bridgehead atoms. The maximum Gasteiger partial charge on any atom is 0.338 e. The summed E-state index contributed by atoms with van der Waals surface area (Å²) in [5.74, 6) is -1.54. The zero-order valence-corrected chi connectivity index (χ0v) is 22.2. The van der Waals surface area contributed by atoms with Crippen molar-refractivity contribution in [1.82, 2.24) is 4.90 Å². The third-order valence-electron chi connectivity index (χ3n) is 5.97. The Kier molecular flexibility index (Phi) is 8.40. The van der Waals surface area contributed by atoms with Crippen molar-refractivity contribution in [3.8, 4) is 0 Å². The lowest BCUT2D eigenvalue weighted by Gasteiger charge is -2.17. The van der Waals surface area contributed by atoms with Crippen molar-refractivity contribution >= 4 is 68.9 Å². The Morgan fingerprint density at radius 3 is 2.41 bits per heavy atom. The minimum atomic E-state index is -0.442. The van der Waals surface area contributed by atoms with Crippen LogP contribution < -0.4 is 10.2 Å². The molecule has 3 amide bonds. The Morgan fingerprint density at radius 2 is 1.70 bits per heavy atom. The molecule has 0 saturated carbocycles. The Bertz CT molecular complexity index is 1290. The molecular formula is C27H27N3O5S2. The van der Waals surface area contributed by atoms with E-state index in [4.69, 9.17) is 17.0 Å². The summed E-state index contributed by atoms with van der Waals surface area (Å²) in [6, 6.07) is 13.4. The second-order valence-electron chi connectivity index (χ2n) is 8.49. The number of unbranched alkanes of at least 4 members (excludes halogenated alkanes) is 2. The summed E-state index contributed by atoms with van der Waals surface area (Å²) >= 11 is 6.58. The first-order valence-corrected chi connectivity index (χ1v) is 13.3. The van der Waals surface area contributed by atoms with Crippen molar-refractivity contribution in [2.75, 3.05) is 29.9 Å². The topological polar surface area (TPSA) is 96.0 Å². The number of carbonyl (C=O) groups excluding carboxylic acids is 4. The molecule has 0 spiro atoms. The number of ether oxygens (including phenoxy) is 1. The van der Waals surface area contributed by atoms with Gasteiger partial charge in [-0.15, -0.1) is 0 Å². The quantitative estimate of drug-likeness (QED) is 0.216. The molecule has 0 atom stereocenters. The van der Waals surface area contributed by atoms with Crippen molar-refractivity contribution in [1.29, 1.82) is 0 Å². The molecule has 1 saturated heterocycles. The number of carbonyl (C=O) groups is 4. The first-order valence-electron chi connectivity index (χ1n) is 12.1. The first-order chi connectivity index (χ1) is 17.8. The Hall–Kier alpha value is -3.50. The molecule has 2 aliphatic heterocycles. The second kappa shape index (κ2) is 11.7. The SMILES string of the molecule is CCCCCN1C(=O)/C(=C2/C(=O)N(CC(=O)Nc3ccc(C(=O)OCC)cc3)c3ccccc32)SC1=S. The standard InChI is InChI=1S/C27H27N3O5S2/c1-3-5-8-15-29-25(33)23(37-27(29)36)22-19-9-6-7-10-20(19)30(24(22)32)16-21(31)28-18-13-11-17(12-14-18)26(34)35-4-2/h6-7,9-14H,3-5,8,15-16H2,1-2H3,(H,28,31)/b23-22-. The van der Waals surface area contributed by atoms with E-state index < -0.39 is 17.8 Å². The van der Waals surface area contributed by atoms with Crippen LogP contribution in [0, 0.1) is 0 Å². The fourth-order valence-electron chi connectivity index (χ4n) is 4.17. The van der Waals surface area contributed by atoms with Gasteiger partial charge in [-0.25, -0.2) is 4.79 Å². The molecule has 2 aromatic carbocycles. The van der Waals surface area contributed by atoms with Gasteiger partial charge in [-0.3, -0.25) is 24.2 Å². The summed E-state index contributed by atoms with van der Waals surface area (Å²) < 4.78 is 5.41. The average Bonchev–Trinajstić information content (AvgIpc) is 3.31. The largest absolute Gasteiger partial charge is 0.462 e. The summed E-state index contributed by atoms with van der Waals surface area (Å²) in [4.78, 5) is 54.7. The Morgan fingerprint density at radius 1 is 0.973 bits per heavy atom. The van der Waals surface area contributed by atoms with Gasteiger partial charge < -0.3 is 10.1 Å². The van der Waals surface area contributed by atoms with E-state index in [-0.39, 0.29) is 24.6 Å². The van der Waals surface area contributed by atoms with Gasteiger partial charge in [0, 0.05) is 17.8 Å². The lowest BCUT2D eigenvalue weighted by molar-refractivity contribution is -0.122. The molecule has 10 heteroatoms. The van der Waals surface area contributed by atoms with Gasteiger partial charge >= 0.3 is 5.97 Å². The van der Waals surface area contributed by atoms with Crippen LogP contribution in [-0.4, -0.2) is 52.6 Å². The van der Waals surface area contributed by atoms with Crippen LogP contribution in [0.3, 0.4) is 0 Å². The number of anilines is 2. The van der Waals surface area contributed by atoms with Crippen LogP contribution in [0.5, 0.6) is 0 Å². The van der Waals surface area contributed by atoms with Crippen molar-refractivity contribution in [2.24, 2.45) is 0 Å². The molecule has 0 unspecified atom stereocenters. The van der Waals surface area contributed by atoms with Crippen LogP contribution in [-0.2, 0) is 19.1 Å². The lowest BCUT2D eigenvalue weighted by atomic mass is 10.1. The third-order valence-corrected chi connectivity index (χ3v) is 7.41. The van der Waals surface area contributed by atoms with Crippen LogP contribution in [0.2, 0.25) is 0 Å². The van der Waals surface area contributed by atoms with Crippen molar-refractivity contribution in [2.45, 2.75) is 33.1 Å². The van der Waals surface area contributed by atoms with Gasteiger partial charge in [0.1, 0.15) is 10.9 Å². The van der Waals surface area contributed by atoms with Gasteiger partial charge in [0.05, 0.1) is 28.3 Å². The zero-order valence-electron chi connectivity index (χ0n) is 20.6. The summed E-state index contributed by atoms with van der Waals surface area (Å²) in [5, 5.41) is 2.75. The fourth-order valence-corrected chi connectivity index (χ4v) is 5.55. The van der Waals surface area contributed by atoms with E-state index in [0.29, 0.717) is 38.3 Å². The smallest absolute Gasteiger partial charge is 0.338 e. The molecule has 1 N–H and O–H groups in total. The highest BCUT2D eigenvalue weighted by Gasteiger charge is 2.42. The van der Waals surface area contributed by atoms with Crippen LogP contribution >= 0.6 is 24.0 Å². The normalized spacial score (nSPS) is 16.9. The molecular weight excluding hydrogens is 510 g/mol. The number of thiocarbonyl (C=S) groups is 1. The number of amides is 3. The van der Waals surface area contributed by atoms with Gasteiger partial charge in [-0.2, -0.15) is 0 Å². The van der Waals surface area contributed by atoms with E-state index in [1.54, 1.807) is 60.4 Å². The number of esters is 1. The molecule has 4 rings (SSSR count). The fraction of sp³-hybridized carbons (Fsp3) is 0.296. The van der Waals surface area contributed by atoms with E-state index in [2.05, 4.69) is 12.2 Å². The van der Waals surface area contributed by atoms with Crippen molar-refractivity contribution < 1.29 is 23.9 Å². The molecule has 8 nitrogen and oxygen atoms in total. The molecule has 2 heterocycles. The minimum absolute atomic E-state index is 0.240. The molecule has 1 fully saturated rings. The van der Waals surface area contributed by atoms with Gasteiger partial charge in [0.25, 0.3) is 11.8 Å². The van der Waals surface area contributed by atoms with E-state index in [9.17, 15) is 19.2 Å². The molecule has 0 radical (unpaired) electrons. The van der Waals surface area contributed by atoms with Crippen LogP contribution in [0.15, 0.2) is 53.4 Å². The first kappa shape index (κ1) is 26.6. The van der Waals surface area contributed by atoms with E-state index in [1.165, 1.54) is 4.90 Å². The van der Waals surface area contributed by atoms with Gasteiger partial charge in [-0.05, 0) is 43.7 Å². The van der Waals surface area contributed by atoms with E-state index in [1.807, 2.05) is 0 Å². The van der Waals surface area contributed by atoms with Crippen molar-refractivity contribution in [3.63, 3.8) is 0 Å². The summed E-state index contributed by atoms with van der Waals surface area (Å²) in [7, 11) is 0. The summed E-state index contributed by atoms with van der Waals surface area (Å²) in [6.45, 7) is 4.37. The van der Waals surface area contributed by atoms with Gasteiger partial charge in [-0.1, -0.05) is 61.9 Å². The maximum absolute atomic E-state index is 13.5. The van der Waals surface area contributed by atoms with Gasteiger partial charge in [0.2, 0.25) is 5.91 Å². The predicted molar refractivity (Wildman–Crippen MR) is 148 cm³/mol. The monoisotopic (exact) mass is 537 g/mol. The highest BCUT2D eigenvalue weighted by molar-refractivity contribution is 8.26. The zero-order chi connectivity index (χ0) is 26.5. The van der Waals surface area contributed by atoms with Crippen LogP contribution in [0.1, 0.15) is 49.0 Å². The number of benzene rings is 2. The lowest BCUT2D eigenvalue weighted by Crippen LogP contribution is -2.35. The molecule has 192 valence electrons. The van der Waals surface area contributed by atoms with E-state index >= 15 is 0 Å². The average molecular weight is 538 g/mol. The van der Waals surface area contributed by atoms with Crippen LogP contribution in [0.4, 0.5) is 11.4 Å². The molecule has 37 heavy (non-hydrogen) atoms. The highest BCUT2D eigenvalue weighted by atomic mass is 32.2. The molecule has 0 aromatic heterocycles. The Balaban J connectivity index is 1.53. The number of hydrogen-bond acceptors (Lipinski definition) is 7. The highest BCUT2D eigenvalue weighted by Crippen LogP contribution is 2.44. The second-order valence-corrected chi connectivity index (χ2v) is 10.1. The number of hydrogen-bond donors (Lipinski definition) is 1. The molecule has 0 aliphatic carbocycles. The predicted octanol–water partition coefficient (Wildman–Crippen LogP) is 4.61. The van der Waals surface area contributed by atoms with Crippen LogP contribution in [0.25, 0.3) is 5.57 Å². The number of thioether (sulfide) groups is 1. The summed E-state index contributed by atoms with van der Waals surface area (Å²) in [5.41, 5.74) is 2.29. The minimum Gasteiger partial charge on any atom is -0.462 e. The molecule has 2 aromatic rings. The summed E-state index contributed by atoms with van der Waals surface area (Å²) in [6.07, 6.45) is 2.84. The van der Waals surface area contributed by atoms with Gasteiger partial charge in [0.15, 0.2) is 0 Å². The molecule has 2 aliphatic rings. The van der Waals surface area contributed by atoms with Crippen molar-refractivity contribution in [3.05, 3.63) is 64.6 Å². The number of nitrogens with zero attached hydrogens (tertiary/aromatic N) is 2. The number of fused-ring (bicyclic) bond motifs is 1. The van der Waals surface area contributed by atoms with E-state index in [0.717, 1.165) is 31.0 Å². The number of rotatable bonds is 9. The number of para-hydroxylation sites is 1. The third kappa shape index (κ3) is 5.60. The Labute approximate surface area is 225 Å².